The van der Waals surface area contributed by atoms with Crippen molar-refractivity contribution in [1.82, 2.24) is 4.98 Å². The molecule has 24 heavy (non-hydrogen) atoms. The average molecular weight is 324 g/mol. The Labute approximate surface area is 140 Å². The fraction of sp³-hybridized carbons (Fsp3) is 0.263. The molecule has 5 nitrogen and oxygen atoms in total. The zero-order chi connectivity index (χ0) is 16.9. The Balaban J connectivity index is 1.71. The van der Waals surface area contributed by atoms with Gasteiger partial charge >= 0.3 is 5.97 Å². The number of hydrogen-bond acceptors (Lipinski definition) is 5. The van der Waals surface area contributed by atoms with Crippen molar-refractivity contribution in [2.24, 2.45) is 5.92 Å². The van der Waals surface area contributed by atoms with Crippen LogP contribution in [0.3, 0.4) is 0 Å². The van der Waals surface area contributed by atoms with Crippen molar-refractivity contribution in [2.75, 3.05) is 19.0 Å². The van der Waals surface area contributed by atoms with Gasteiger partial charge in [-0.05, 0) is 31.0 Å². The predicted octanol–water partition coefficient (Wildman–Crippen LogP) is 3.58. The number of ether oxygens (including phenoxy) is 1. The van der Waals surface area contributed by atoms with Crippen LogP contribution in [0.5, 0.6) is 0 Å². The second-order valence-electron chi connectivity index (χ2n) is 5.78. The number of carbonyl (C=O) groups is 1. The number of carbonyl (C=O) groups excluding carboxylic acids is 1. The smallest absolute Gasteiger partial charge is 0.310 e. The fourth-order valence-electron chi connectivity index (χ4n) is 2.69. The van der Waals surface area contributed by atoms with Crippen LogP contribution < -0.4 is 5.32 Å². The van der Waals surface area contributed by atoms with Gasteiger partial charge in [0, 0.05) is 6.54 Å². The standard InChI is InChI=1S/C19H20N2O3/c1-13-6-5-7-14(10-13)11-15(18(22)23-2)12-20-19-21-16-8-3-4-9-17(16)24-19/h3-10,15H,11-12H2,1-2H3,(H,20,21). The number of esters is 1. The lowest BCUT2D eigenvalue weighted by molar-refractivity contribution is -0.144. The van der Waals surface area contributed by atoms with E-state index in [0.717, 1.165) is 11.1 Å². The van der Waals surface area contributed by atoms with E-state index < -0.39 is 0 Å². The molecule has 1 aromatic heterocycles. The van der Waals surface area contributed by atoms with Crippen molar-refractivity contribution in [3.63, 3.8) is 0 Å². The first-order valence-corrected chi connectivity index (χ1v) is 7.88. The van der Waals surface area contributed by atoms with Gasteiger partial charge in [0.25, 0.3) is 6.01 Å². The maximum absolute atomic E-state index is 12.1. The second-order valence-corrected chi connectivity index (χ2v) is 5.78. The van der Waals surface area contributed by atoms with Gasteiger partial charge in [0.2, 0.25) is 0 Å². The summed E-state index contributed by atoms with van der Waals surface area (Å²) in [6.07, 6.45) is 0.599. The normalized spacial score (nSPS) is 12.1. The summed E-state index contributed by atoms with van der Waals surface area (Å²) in [4.78, 5) is 16.4. The highest BCUT2D eigenvalue weighted by Gasteiger charge is 2.20. The monoisotopic (exact) mass is 324 g/mol. The maximum Gasteiger partial charge on any atom is 0.310 e. The SMILES string of the molecule is COC(=O)C(CNc1nc2ccccc2o1)Cc1cccc(C)c1. The molecule has 2 aromatic carbocycles. The molecule has 0 saturated carbocycles. The van der Waals surface area contributed by atoms with Crippen molar-refractivity contribution in [1.29, 1.82) is 0 Å². The minimum atomic E-state index is -0.313. The minimum Gasteiger partial charge on any atom is -0.469 e. The van der Waals surface area contributed by atoms with E-state index in [-0.39, 0.29) is 11.9 Å². The van der Waals surface area contributed by atoms with E-state index in [0.29, 0.717) is 24.6 Å². The Morgan fingerprint density at radius 2 is 2.08 bits per heavy atom. The third-order valence-corrected chi connectivity index (χ3v) is 3.89. The Bertz CT molecular complexity index is 808. The van der Waals surface area contributed by atoms with E-state index in [1.54, 1.807) is 0 Å². The van der Waals surface area contributed by atoms with Crippen LogP contribution in [0.2, 0.25) is 0 Å². The van der Waals surface area contributed by atoms with Gasteiger partial charge in [0.15, 0.2) is 5.58 Å². The van der Waals surface area contributed by atoms with E-state index in [1.807, 2.05) is 49.4 Å². The number of oxazole rings is 1. The molecule has 1 unspecified atom stereocenters. The van der Waals surface area contributed by atoms with Gasteiger partial charge in [-0.15, -0.1) is 0 Å². The molecule has 124 valence electrons. The number of aryl methyl sites for hydroxylation is 1. The molecular weight excluding hydrogens is 304 g/mol. The van der Waals surface area contributed by atoms with Gasteiger partial charge < -0.3 is 14.5 Å². The number of methoxy groups -OCH3 is 1. The van der Waals surface area contributed by atoms with Crippen molar-refractivity contribution in [3.8, 4) is 0 Å². The quantitative estimate of drug-likeness (QED) is 0.702. The maximum atomic E-state index is 12.1. The first-order chi connectivity index (χ1) is 11.7. The zero-order valence-corrected chi connectivity index (χ0v) is 13.8. The highest BCUT2D eigenvalue weighted by atomic mass is 16.5. The molecule has 0 saturated heterocycles. The summed E-state index contributed by atoms with van der Waals surface area (Å²) in [5.74, 6) is -0.563. The van der Waals surface area contributed by atoms with Crippen molar-refractivity contribution in [3.05, 3.63) is 59.7 Å². The molecule has 0 bridgehead atoms. The second kappa shape index (κ2) is 7.17. The Morgan fingerprint density at radius 1 is 1.25 bits per heavy atom. The summed E-state index contributed by atoms with van der Waals surface area (Å²) in [6.45, 7) is 2.43. The summed E-state index contributed by atoms with van der Waals surface area (Å²) in [5, 5.41) is 3.11. The van der Waals surface area contributed by atoms with E-state index in [1.165, 1.54) is 12.7 Å². The van der Waals surface area contributed by atoms with E-state index in [2.05, 4.69) is 16.4 Å². The molecule has 5 heteroatoms. The van der Waals surface area contributed by atoms with E-state index in [4.69, 9.17) is 9.15 Å². The van der Waals surface area contributed by atoms with E-state index >= 15 is 0 Å². The average Bonchev–Trinajstić information content (AvgIpc) is 3.01. The minimum absolute atomic E-state index is 0.250. The predicted molar refractivity (Wildman–Crippen MR) is 92.9 cm³/mol. The fourth-order valence-corrected chi connectivity index (χ4v) is 2.69. The highest BCUT2D eigenvalue weighted by molar-refractivity contribution is 5.75. The molecule has 1 N–H and O–H groups in total. The Kier molecular flexibility index (Phi) is 4.79. The molecule has 0 radical (unpaired) electrons. The van der Waals surface area contributed by atoms with Gasteiger partial charge in [0.1, 0.15) is 5.52 Å². The summed E-state index contributed by atoms with van der Waals surface area (Å²) < 4.78 is 10.6. The van der Waals surface area contributed by atoms with Gasteiger partial charge in [-0.25, -0.2) is 0 Å². The molecule has 0 aliphatic heterocycles. The summed E-state index contributed by atoms with van der Waals surface area (Å²) >= 11 is 0. The third kappa shape index (κ3) is 3.74. The van der Waals surface area contributed by atoms with Gasteiger partial charge in [-0.2, -0.15) is 4.98 Å². The van der Waals surface area contributed by atoms with Gasteiger partial charge in [0.05, 0.1) is 13.0 Å². The number of anilines is 1. The molecule has 0 fully saturated rings. The molecule has 0 aliphatic carbocycles. The summed E-state index contributed by atoms with van der Waals surface area (Å²) in [7, 11) is 1.41. The summed E-state index contributed by atoms with van der Waals surface area (Å²) in [5.41, 5.74) is 3.77. The van der Waals surface area contributed by atoms with Crippen LogP contribution >= 0.6 is 0 Å². The topological polar surface area (TPSA) is 64.4 Å². The molecule has 1 atom stereocenters. The molecule has 0 amide bonds. The third-order valence-electron chi connectivity index (χ3n) is 3.89. The van der Waals surface area contributed by atoms with Gasteiger partial charge in [-0.1, -0.05) is 42.0 Å². The molecular formula is C19H20N2O3. The lowest BCUT2D eigenvalue weighted by Gasteiger charge is -2.15. The number of para-hydroxylation sites is 2. The molecule has 1 heterocycles. The van der Waals surface area contributed by atoms with E-state index in [9.17, 15) is 4.79 Å². The Hall–Kier alpha value is -2.82. The molecule has 0 aliphatic rings. The number of fused-ring (bicyclic) bond motifs is 1. The van der Waals surface area contributed by atoms with Crippen LogP contribution in [0, 0.1) is 12.8 Å². The number of aromatic nitrogens is 1. The Morgan fingerprint density at radius 3 is 2.83 bits per heavy atom. The van der Waals surface area contributed by atoms with Crippen LogP contribution in [0.25, 0.3) is 11.1 Å². The molecule has 3 rings (SSSR count). The van der Waals surface area contributed by atoms with Gasteiger partial charge in [-0.3, -0.25) is 4.79 Å². The van der Waals surface area contributed by atoms with Crippen LogP contribution in [-0.2, 0) is 16.0 Å². The van der Waals surface area contributed by atoms with Crippen LogP contribution in [0.4, 0.5) is 6.01 Å². The number of rotatable bonds is 6. The lowest BCUT2D eigenvalue weighted by Crippen LogP contribution is -2.26. The van der Waals surface area contributed by atoms with Crippen LogP contribution in [0.1, 0.15) is 11.1 Å². The largest absolute Gasteiger partial charge is 0.469 e. The lowest BCUT2D eigenvalue weighted by atomic mass is 9.98. The number of benzene rings is 2. The van der Waals surface area contributed by atoms with Crippen molar-refractivity contribution >= 4 is 23.1 Å². The van der Waals surface area contributed by atoms with Crippen molar-refractivity contribution < 1.29 is 13.9 Å². The first-order valence-electron chi connectivity index (χ1n) is 7.88. The van der Waals surface area contributed by atoms with Crippen LogP contribution in [0.15, 0.2) is 52.9 Å². The molecule has 3 aromatic rings. The number of hydrogen-bond donors (Lipinski definition) is 1. The van der Waals surface area contributed by atoms with Crippen molar-refractivity contribution in [2.45, 2.75) is 13.3 Å². The van der Waals surface area contributed by atoms with Crippen LogP contribution in [-0.4, -0.2) is 24.6 Å². The first kappa shape index (κ1) is 16.1. The number of nitrogens with zero attached hydrogens (tertiary/aromatic N) is 1. The molecule has 0 spiro atoms. The zero-order valence-electron chi connectivity index (χ0n) is 13.8. The summed E-state index contributed by atoms with van der Waals surface area (Å²) in [6, 6.07) is 16.1. The highest BCUT2D eigenvalue weighted by Crippen LogP contribution is 2.19. The number of nitrogens with one attached hydrogen (secondary N) is 1.